The summed E-state index contributed by atoms with van der Waals surface area (Å²) in [7, 11) is 3.98. The molecule has 2 rings (SSSR count). The lowest BCUT2D eigenvalue weighted by Gasteiger charge is -2.17. The highest BCUT2D eigenvalue weighted by Gasteiger charge is 2.16. The lowest BCUT2D eigenvalue weighted by molar-refractivity contribution is 0.503. The van der Waals surface area contributed by atoms with E-state index >= 15 is 0 Å². The fourth-order valence-corrected chi connectivity index (χ4v) is 2.41. The third kappa shape index (κ3) is 3.04. The number of hydrogen-bond acceptors (Lipinski definition) is 3. The second-order valence-electron chi connectivity index (χ2n) is 4.90. The molecule has 0 aliphatic carbocycles. The van der Waals surface area contributed by atoms with Gasteiger partial charge in [0.25, 0.3) is 0 Å². The normalized spacial score (nSPS) is 12.8. The van der Waals surface area contributed by atoms with Crippen LogP contribution in [0.5, 0.6) is 0 Å². The molecule has 5 nitrogen and oxygen atoms in total. The molecule has 1 atom stereocenters. The molecule has 2 aromatic heterocycles. The Labute approximate surface area is 114 Å². The molecule has 0 radical (unpaired) electrons. The predicted octanol–water partition coefficient (Wildman–Crippen LogP) is 1.75. The van der Waals surface area contributed by atoms with Crippen molar-refractivity contribution in [1.82, 2.24) is 24.9 Å². The van der Waals surface area contributed by atoms with Crippen LogP contribution in [0.3, 0.4) is 0 Å². The Hall–Kier alpha value is -1.62. The zero-order valence-corrected chi connectivity index (χ0v) is 12.2. The van der Waals surface area contributed by atoms with Gasteiger partial charge in [-0.2, -0.15) is 10.2 Å². The minimum atomic E-state index is 0.355. The average molecular weight is 261 g/mol. The van der Waals surface area contributed by atoms with E-state index in [2.05, 4.69) is 35.4 Å². The SMILES string of the molecule is CCNC(CCc1ccnn1C)c1cnn(C)c1C. The van der Waals surface area contributed by atoms with Crippen molar-refractivity contribution in [3.05, 3.63) is 35.4 Å². The quantitative estimate of drug-likeness (QED) is 0.861. The van der Waals surface area contributed by atoms with E-state index in [-0.39, 0.29) is 0 Å². The topological polar surface area (TPSA) is 47.7 Å². The molecule has 0 spiro atoms. The van der Waals surface area contributed by atoms with Crippen LogP contribution in [-0.2, 0) is 20.5 Å². The lowest BCUT2D eigenvalue weighted by Crippen LogP contribution is -2.22. The van der Waals surface area contributed by atoms with Crippen LogP contribution in [0.15, 0.2) is 18.5 Å². The third-order valence-electron chi connectivity index (χ3n) is 3.71. The van der Waals surface area contributed by atoms with E-state index in [1.807, 2.05) is 35.9 Å². The molecule has 1 N–H and O–H groups in total. The summed E-state index contributed by atoms with van der Waals surface area (Å²) in [5.41, 5.74) is 3.80. The van der Waals surface area contributed by atoms with Crippen molar-refractivity contribution in [3.63, 3.8) is 0 Å². The van der Waals surface area contributed by atoms with Gasteiger partial charge in [0.05, 0.1) is 6.20 Å². The second kappa shape index (κ2) is 6.02. The fraction of sp³-hybridized carbons (Fsp3) is 0.571. The Morgan fingerprint density at radius 2 is 2.05 bits per heavy atom. The van der Waals surface area contributed by atoms with Crippen LogP contribution in [0, 0.1) is 6.92 Å². The van der Waals surface area contributed by atoms with Gasteiger partial charge in [-0.25, -0.2) is 0 Å². The first-order chi connectivity index (χ1) is 9.13. The van der Waals surface area contributed by atoms with Gasteiger partial charge < -0.3 is 5.32 Å². The number of aromatic nitrogens is 4. The molecule has 0 fully saturated rings. The number of hydrogen-bond donors (Lipinski definition) is 1. The smallest absolute Gasteiger partial charge is 0.0540 e. The maximum Gasteiger partial charge on any atom is 0.0540 e. The summed E-state index contributed by atoms with van der Waals surface area (Å²) in [6, 6.07) is 2.44. The van der Waals surface area contributed by atoms with Crippen molar-refractivity contribution in [3.8, 4) is 0 Å². The van der Waals surface area contributed by atoms with Crippen LogP contribution in [0.1, 0.15) is 36.3 Å². The molecule has 2 aromatic rings. The summed E-state index contributed by atoms with van der Waals surface area (Å²) in [6.07, 6.45) is 5.90. The molecule has 0 aliphatic rings. The number of rotatable bonds is 6. The monoisotopic (exact) mass is 261 g/mol. The Morgan fingerprint density at radius 1 is 1.26 bits per heavy atom. The van der Waals surface area contributed by atoms with Gasteiger partial charge in [0, 0.05) is 43.3 Å². The van der Waals surface area contributed by atoms with E-state index in [9.17, 15) is 0 Å². The van der Waals surface area contributed by atoms with Gasteiger partial charge in [0.2, 0.25) is 0 Å². The Morgan fingerprint density at radius 3 is 2.58 bits per heavy atom. The first kappa shape index (κ1) is 13.8. The van der Waals surface area contributed by atoms with Crippen LogP contribution >= 0.6 is 0 Å². The summed E-state index contributed by atoms with van der Waals surface area (Å²) in [4.78, 5) is 0. The maximum atomic E-state index is 4.34. The summed E-state index contributed by atoms with van der Waals surface area (Å²) >= 11 is 0. The number of nitrogens with one attached hydrogen (secondary N) is 1. The highest BCUT2D eigenvalue weighted by Crippen LogP contribution is 2.21. The van der Waals surface area contributed by atoms with E-state index in [1.54, 1.807) is 0 Å². The molecule has 0 saturated carbocycles. The molecule has 5 heteroatoms. The molecule has 0 amide bonds. The lowest BCUT2D eigenvalue weighted by atomic mass is 10.0. The maximum absolute atomic E-state index is 4.34. The van der Waals surface area contributed by atoms with E-state index < -0.39 is 0 Å². The Bertz CT molecular complexity index is 526. The molecule has 0 aromatic carbocycles. The Kier molecular flexibility index (Phi) is 4.37. The highest BCUT2D eigenvalue weighted by molar-refractivity contribution is 5.21. The summed E-state index contributed by atoms with van der Waals surface area (Å²) in [5.74, 6) is 0. The van der Waals surface area contributed by atoms with E-state index in [0.717, 1.165) is 19.4 Å². The average Bonchev–Trinajstić information content (AvgIpc) is 2.94. The molecule has 0 aliphatic heterocycles. The number of aryl methyl sites for hydroxylation is 3. The zero-order chi connectivity index (χ0) is 13.8. The first-order valence-corrected chi connectivity index (χ1v) is 6.82. The summed E-state index contributed by atoms with van der Waals surface area (Å²) in [6.45, 7) is 5.23. The van der Waals surface area contributed by atoms with Crippen molar-refractivity contribution in [2.45, 2.75) is 32.7 Å². The third-order valence-corrected chi connectivity index (χ3v) is 3.71. The molecular weight excluding hydrogens is 238 g/mol. The second-order valence-corrected chi connectivity index (χ2v) is 4.90. The molecular formula is C14H23N5. The Balaban J connectivity index is 2.08. The minimum absolute atomic E-state index is 0.355. The van der Waals surface area contributed by atoms with Crippen LogP contribution < -0.4 is 5.32 Å². The van der Waals surface area contributed by atoms with E-state index in [4.69, 9.17) is 0 Å². The largest absolute Gasteiger partial charge is 0.310 e. The summed E-state index contributed by atoms with van der Waals surface area (Å²) in [5, 5.41) is 12.1. The van der Waals surface area contributed by atoms with Crippen molar-refractivity contribution in [2.75, 3.05) is 6.54 Å². The highest BCUT2D eigenvalue weighted by atomic mass is 15.3. The zero-order valence-electron chi connectivity index (χ0n) is 12.2. The van der Waals surface area contributed by atoms with Gasteiger partial charge in [0.15, 0.2) is 0 Å². The van der Waals surface area contributed by atoms with Crippen LogP contribution in [0.4, 0.5) is 0 Å². The fourth-order valence-electron chi connectivity index (χ4n) is 2.41. The van der Waals surface area contributed by atoms with Crippen molar-refractivity contribution in [2.24, 2.45) is 14.1 Å². The minimum Gasteiger partial charge on any atom is -0.310 e. The molecule has 19 heavy (non-hydrogen) atoms. The van der Waals surface area contributed by atoms with Gasteiger partial charge in [-0.3, -0.25) is 9.36 Å². The van der Waals surface area contributed by atoms with Crippen LogP contribution in [-0.4, -0.2) is 26.1 Å². The van der Waals surface area contributed by atoms with Crippen molar-refractivity contribution >= 4 is 0 Å². The van der Waals surface area contributed by atoms with E-state index in [1.165, 1.54) is 17.0 Å². The van der Waals surface area contributed by atoms with Gasteiger partial charge in [-0.15, -0.1) is 0 Å². The number of nitrogens with zero attached hydrogens (tertiary/aromatic N) is 4. The van der Waals surface area contributed by atoms with Gasteiger partial charge in [0.1, 0.15) is 0 Å². The van der Waals surface area contributed by atoms with E-state index in [0.29, 0.717) is 6.04 Å². The molecule has 2 heterocycles. The standard InChI is InChI=1S/C14H23N5/c1-5-15-14(13-10-17-18(3)11(13)2)7-6-12-8-9-16-19(12)4/h8-10,14-15H,5-7H2,1-4H3. The van der Waals surface area contributed by atoms with Crippen molar-refractivity contribution in [1.29, 1.82) is 0 Å². The first-order valence-electron chi connectivity index (χ1n) is 6.82. The van der Waals surface area contributed by atoms with Crippen LogP contribution in [0.25, 0.3) is 0 Å². The molecule has 0 bridgehead atoms. The molecule has 0 saturated heterocycles. The van der Waals surface area contributed by atoms with Crippen LogP contribution in [0.2, 0.25) is 0 Å². The van der Waals surface area contributed by atoms with Crippen molar-refractivity contribution < 1.29 is 0 Å². The van der Waals surface area contributed by atoms with Gasteiger partial charge in [-0.1, -0.05) is 6.92 Å². The summed E-state index contributed by atoms with van der Waals surface area (Å²) < 4.78 is 3.88. The predicted molar refractivity (Wildman–Crippen MR) is 75.9 cm³/mol. The molecule has 104 valence electrons. The van der Waals surface area contributed by atoms with Gasteiger partial charge in [-0.05, 0) is 32.4 Å². The molecule has 1 unspecified atom stereocenters. The van der Waals surface area contributed by atoms with Gasteiger partial charge >= 0.3 is 0 Å².